The molecular formula is C23H31N5O4. The van der Waals surface area contributed by atoms with Crippen LogP contribution in [0.25, 0.3) is 0 Å². The molecule has 2 aromatic rings. The van der Waals surface area contributed by atoms with Crippen molar-refractivity contribution < 1.29 is 14.5 Å². The summed E-state index contributed by atoms with van der Waals surface area (Å²) < 4.78 is 5.58. The van der Waals surface area contributed by atoms with Crippen LogP contribution in [-0.4, -0.2) is 48.1 Å². The minimum atomic E-state index is -0.484. The maximum Gasteiger partial charge on any atom is 0.323 e. The number of piperidine rings is 1. The highest BCUT2D eigenvalue weighted by Gasteiger charge is 2.16. The Hall–Kier alpha value is -3.33. The SMILES string of the molecule is CC(C)Oc1ccc(NC(=O)Nc2ccc(NCCN3CCCCC3)c([N+](=O)[O-])c2)cc1. The molecule has 1 fully saturated rings. The van der Waals surface area contributed by atoms with Gasteiger partial charge in [-0.05, 0) is 76.2 Å². The molecule has 3 N–H and O–H groups in total. The van der Waals surface area contributed by atoms with Crippen molar-refractivity contribution in [2.75, 3.05) is 42.1 Å². The number of ether oxygens (including phenoxy) is 1. The molecule has 1 heterocycles. The zero-order valence-corrected chi connectivity index (χ0v) is 18.6. The number of likely N-dealkylation sites (tertiary alicyclic amines) is 1. The average molecular weight is 442 g/mol. The molecule has 9 nitrogen and oxygen atoms in total. The Bertz CT molecular complexity index is 911. The summed E-state index contributed by atoms with van der Waals surface area (Å²) in [5.41, 5.74) is 1.30. The fourth-order valence-corrected chi connectivity index (χ4v) is 3.62. The summed E-state index contributed by atoms with van der Waals surface area (Å²) in [7, 11) is 0. The topological polar surface area (TPSA) is 109 Å². The minimum absolute atomic E-state index is 0.0649. The van der Waals surface area contributed by atoms with E-state index < -0.39 is 11.0 Å². The van der Waals surface area contributed by atoms with Gasteiger partial charge in [-0.1, -0.05) is 6.42 Å². The predicted octanol–water partition coefficient (Wildman–Crippen LogP) is 4.92. The van der Waals surface area contributed by atoms with Crippen molar-refractivity contribution in [1.29, 1.82) is 0 Å². The summed E-state index contributed by atoms with van der Waals surface area (Å²) >= 11 is 0. The number of nitro benzene ring substituents is 1. The van der Waals surface area contributed by atoms with E-state index in [9.17, 15) is 14.9 Å². The summed E-state index contributed by atoms with van der Waals surface area (Å²) in [6.45, 7) is 7.51. The van der Waals surface area contributed by atoms with E-state index in [-0.39, 0.29) is 11.8 Å². The maximum atomic E-state index is 12.3. The van der Waals surface area contributed by atoms with Gasteiger partial charge in [0.05, 0.1) is 11.0 Å². The molecule has 0 radical (unpaired) electrons. The first kappa shape index (κ1) is 23.3. The van der Waals surface area contributed by atoms with Gasteiger partial charge >= 0.3 is 6.03 Å². The highest BCUT2D eigenvalue weighted by atomic mass is 16.6. The van der Waals surface area contributed by atoms with Crippen LogP contribution in [-0.2, 0) is 0 Å². The normalized spacial score (nSPS) is 14.1. The Labute approximate surface area is 188 Å². The quantitative estimate of drug-likeness (QED) is 0.376. The summed E-state index contributed by atoms with van der Waals surface area (Å²) in [6, 6.07) is 11.2. The number of urea groups is 1. The van der Waals surface area contributed by atoms with Crippen molar-refractivity contribution in [3.8, 4) is 5.75 Å². The van der Waals surface area contributed by atoms with E-state index in [1.165, 1.54) is 25.3 Å². The third-order valence-electron chi connectivity index (χ3n) is 5.13. The lowest BCUT2D eigenvalue weighted by molar-refractivity contribution is -0.383. The van der Waals surface area contributed by atoms with E-state index in [0.717, 1.165) is 19.6 Å². The lowest BCUT2D eigenvalue weighted by Gasteiger charge is -2.26. The van der Waals surface area contributed by atoms with Crippen LogP contribution in [0.5, 0.6) is 5.75 Å². The third-order valence-corrected chi connectivity index (χ3v) is 5.13. The Morgan fingerprint density at radius 3 is 2.38 bits per heavy atom. The average Bonchev–Trinajstić information content (AvgIpc) is 2.76. The molecule has 0 bridgehead atoms. The Morgan fingerprint density at radius 2 is 1.72 bits per heavy atom. The number of anilines is 3. The number of nitrogens with zero attached hydrogens (tertiary/aromatic N) is 2. The van der Waals surface area contributed by atoms with Crippen LogP contribution in [0.3, 0.4) is 0 Å². The number of amides is 2. The molecule has 0 atom stereocenters. The van der Waals surface area contributed by atoms with Crippen molar-refractivity contribution in [2.45, 2.75) is 39.2 Å². The van der Waals surface area contributed by atoms with Crippen LogP contribution in [0.2, 0.25) is 0 Å². The van der Waals surface area contributed by atoms with E-state index in [2.05, 4.69) is 20.9 Å². The Morgan fingerprint density at radius 1 is 1.06 bits per heavy atom. The minimum Gasteiger partial charge on any atom is -0.491 e. The zero-order chi connectivity index (χ0) is 22.9. The van der Waals surface area contributed by atoms with Gasteiger partial charge in [-0.2, -0.15) is 0 Å². The molecule has 0 spiro atoms. The molecule has 3 rings (SSSR count). The number of carbonyl (C=O) groups is 1. The highest BCUT2D eigenvalue weighted by Crippen LogP contribution is 2.28. The molecule has 0 aromatic heterocycles. The highest BCUT2D eigenvalue weighted by molar-refractivity contribution is 6.00. The van der Waals surface area contributed by atoms with Gasteiger partial charge in [-0.25, -0.2) is 4.79 Å². The largest absolute Gasteiger partial charge is 0.491 e. The van der Waals surface area contributed by atoms with Crippen LogP contribution in [0.4, 0.5) is 27.5 Å². The van der Waals surface area contributed by atoms with E-state index in [4.69, 9.17) is 4.74 Å². The summed E-state index contributed by atoms with van der Waals surface area (Å²) in [6.07, 6.45) is 3.75. The maximum absolute atomic E-state index is 12.3. The standard InChI is InChI=1S/C23H31N5O4/c1-17(2)32-20-9-6-18(7-10-20)25-23(29)26-19-8-11-21(22(16-19)28(30)31)24-12-15-27-13-4-3-5-14-27/h6-11,16-17,24H,3-5,12-15H2,1-2H3,(H2,25,26,29). The number of hydrogen-bond acceptors (Lipinski definition) is 6. The molecule has 0 unspecified atom stereocenters. The molecule has 2 amide bonds. The summed E-state index contributed by atoms with van der Waals surface area (Å²) in [4.78, 5) is 25.8. The summed E-state index contributed by atoms with van der Waals surface area (Å²) in [5.74, 6) is 0.713. The molecule has 9 heteroatoms. The molecular weight excluding hydrogens is 410 g/mol. The fourth-order valence-electron chi connectivity index (χ4n) is 3.62. The van der Waals surface area contributed by atoms with Crippen molar-refractivity contribution >= 4 is 28.8 Å². The second-order valence-corrected chi connectivity index (χ2v) is 8.09. The number of nitrogens with one attached hydrogen (secondary N) is 3. The molecule has 1 aliphatic rings. The molecule has 0 saturated carbocycles. The smallest absolute Gasteiger partial charge is 0.323 e. The van der Waals surface area contributed by atoms with Gasteiger partial charge in [0, 0.05) is 30.5 Å². The first-order valence-electron chi connectivity index (χ1n) is 11.0. The van der Waals surface area contributed by atoms with Crippen LogP contribution in [0.1, 0.15) is 33.1 Å². The number of benzene rings is 2. The first-order chi connectivity index (χ1) is 15.4. The predicted molar refractivity (Wildman–Crippen MR) is 127 cm³/mol. The van der Waals surface area contributed by atoms with Crippen LogP contribution in [0, 0.1) is 10.1 Å². The third kappa shape index (κ3) is 7.12. The van der Waals surface area contributed by atoms with Crippen molar-refractivity contribution in [2.24, 2.45) is 0 Å². The Kier molecular flexibility index (Phi) is 8.27. The molecule has 0 aliphatic carbocycles. The zero-order valence-electron chi connectivity index (χ0n) is 18.6. The first-order valence-corrected chi connectivity index (χ1v) is 11.0. The van der Waals surface area contributed by atoms with Crippen LogP contribution in [0.15, 0.2) is 42.5 Å². The van der Waals surface area contributed by atoms with Crippen molar-refractivity contribution in [3.63, 3.8) is 0 Å². The molecule has 32 heavy (non-hydrogen) atoms. The van der Waals surface area contributed by atoms with Gasteiger partial charge in [0.25, 0.3) is 5.69 Å². The van der Waals surface area contributed by atoms with Gasteiger partial charge in [0.1, 0.15) is 11.4 Å². The van der Waals surface area contributed by atoms with E-state index >= 15 is 0 Å². The fraction of sp³-hybridized carbons (Fsp3) is 0.435. The van der Waals surface area contributed by atoms with Gasteiger partial charge in [-0.15, -0.1) is 0 Å². The molecule has 172 valence electrons. The van der Waals surface area contributed by atoms with Gasteiger partial charge in [0.15, 0.2) is 0 Å². The van der Waals surface area contributed by atoms with Gasteiger partial charge in [0.2, 0.25) is 0 Å². The number of hydrogen-bond donors (Lipinski definition) is 3. The van der Waals surface area contributed by atoms with Crippen molar-refractivity contribution in [1.82, 2.24) is 4.90 Å². The van der Waals surface area contributed by atoms with E-state index in [1.807, 2.05) is 13.8 Å². The number of rotatable bonds is 9. The molecule has 2 aromatic carbocycles. The second-order valence-electron chi connectivity index (χ2n) is 8.09. The monoisotopic (exact) mass is 441 g/mol. The number of nitro groups is 1. The van der Waals surface area contributed by atoms with Gasteiger partial charge < -0.3 is 25.6 Å². The van der Waals surface area contributed by atoms with Crippen LogP contribution < -0.4 is 20.7 Å². The van der Waals surface area contributed by atoms with Crippen LogP contribution >= 0.6 is 0 Å². The molecule has 1 saturated heterocycles. The van der Waals surface area contributed by atoms with E-state index in [0.29, 0.717) is 29.4 Å². The van der Waals surface area contributed by atoms with Gasteiger partial charge in [-0.3, -0.25) is 10.1 Å². The second kappa shape index (κ2) is 11.3. The van der Waals surface area contributed by atoms with Crippen molar-refractivity contribution in [3.05, 3.63) is 52.6 Å². The summed E-state index contributed by atoms with van der Waals surface area (Å²) in [5, 5.41) is 20.1. The Balaban J connectivity index is 1.55. The number of carbonyl (C=O) groups excluding carboxylic acids is 1. The molecule has 1 aliphatic heterocycles. The lowest BCUT2D eigenvalue weighted by atomic mass is 10.1. The lowest BCUT2D eigenvalue weighted by Crippen LogP contribution is -2.33. The van der Waals surface area contributed by atoms with E-state index in [1.54, 1.807) is 36.4 Å².